The molecular weight excluding hydrogens is 438 g/mol. The van der Waals surface area contributed by atoms with Gasteiger partial charge in [0.1, 0.15) is 12.1 Å². The SMILES string of the molecule is CS(=O)(=O)c1ncc(C(=O)NC(CNCC(C(=O)O)N2C(=O)C=CC2=O)C(=O)O)cn1. The van der Waals surface area contributed by atoms with Crippen LogP contribution in [0.1, 0.15) is 10.4 Å². The van der Waals surface area contributed by atoms with Crippen LogP contribution in [0.5, 0.6) is 0 Å². The first kappa shape index (κ1) is 23.6. The molecule has 1 aromatic rings. The summed E-state index contributed by atoms with van der Waals surface area (Å²) in [7, 11) is -3.69. The highest BCUT2D eigenvalue weighted by atomic mass is 32.2. The van der Waals surface area contributed by atoms with Gasteiger partial charge in [0, 0.05) is 43.9 Å². The van der Waals surface area contributed by atoms with Gasteiger partial charge in [-0.2, -0.15) is 0 Å². The van der Waals surface area contributed by atoms with Crippen LogP contribution in [0.4, 0.5) is 0 Å². The first-order chi connectivity index (χ1) is 14.4. The molecule has 1 aromatic heterocycles. The molecule has 2 unspecified atom stereocenters. The Morgan fingerprint density at radius 2 is 1.58 bits per heavy atom. The number of sulfone groups is 1. The molecule has 4 N–H and O–H groups in total. The number of carboxylic acids is 2. The lowest BCUT2D eigenvalue weighted by molar-refractivity contribution is -0.153. The lowest BCUT2D eigenvalue weighted by Gasteiger charge is -2.23. The van der Waals surface area contributed by atoms with Crippen LogP contribution in [-0.2, 0) is 29.0 Å². The van der Waals surface area contributed by atoms with E-state index in [0.717, 1.165) is 30.8 Å². The molecule has 3 amide bonds. The summed E-state index contributed by atoms with van der Waals surface area (Å²) in [6, 6.07) is -3.11. The summed E-state index contributed by atoms with van der Waals surface area (Å²) in [5, 5.41) is 22.7. The Labute approximate surface area is 174 Å². The third kappa shape index (κ3) is 5.89. The molecule has 0 saturated carbocycles. The number of amides is 3. The van der Waals surface area contributed by atoms with E-state index in [1.165, 1.54) is 0 Å². The van der Waals surface area contributed by atoms with Gasteiger partial charge in [0.05, 0.1) is 5.56 Å². The van der Waals surface area contributed by atoms with Gasteiger partial charge in [-0.1, -0.05) is 0 Å². The van der Waals surface area contributed by atoms with Crippen LogP contribution >= 0.6 is 0 Å². The average molecular weight is 455 g/mol. The number of aliphatic carboxylic acids is 2. The number of hydrogen-bond acceptors (Lipinski definition) is 10. The van der Waals surface area contributed by atoms with Gasteiger partial charge >= 0.3 is 11.9 Å². The predicted octanol–water partition coefficient (Wildman–Crippen LogP) is -2.97. The number of hydrogen-bond donors (Lipinski definition) is 4. The Bertz CT molecular complexity index is 1030. The molecule has 0 spiro atoms. The molecule has 14 nitrogen and oxygen atoms in total. The van der Waals surface area contributed by atoms with Crippen LogP contribution in [0.25, 0.3) is 0 Å². The van der Waals surface area contributed by atoms with E-state index in [1.807, 2.05) is 0 Å². The normalized spacial score (nSPS) is 15.6. The maximum Gasteiger partial charge on any atom is 0.328 e. The van der Waals surface area contributed by atoms with Crippen molar-refractivity contribution in [1.82, 2.24) is 25.5 Å². The van der Waals surface area contributed by atoms with Gasteiger partial charge in [0.25, 0.3) is 17.7 Å². The molecule has 15 heteroatoms. The molecule has 2 heterocycles. The number of rotatable bonds is 10. The molecule has 1 aliphatic rings. The van der Waals surface area contributed by atoms with Crippen molar-refractivity contribution in [2.45, 2.75) is 17.2 Å². The summed E-state index contributed by atoms with van der Waals surface area (Å²) < 4.78 is 22.7. The van der Waals surface area contributed by atoms with Crippen molar-refractivity contribution in [2.24, 2.45) is 0 Å². The summed E-state index contributed by atoms with van der Waals surface area (Å²) >= 11 is 0. The topological polar surface area (TPSA) is 213 Å². The summed E-state index contributed by atoms with van der Waals surface area (Å²) in [6.07, 6.45) is 4.51. The zero-order valence-corrected chi connectivity index (χ0v) is 16.7. The number of imide groups is 1. The Morgan fingerprint density at radius 3 is 2.03 bits per heavy atom. The van der Waals surface area contributed by atoms with Gasteiger partial charge in [-0.25, -0.2) is 28.0 Å². The molecule has 31 heavy (non-hydrogen) atoms. The van der Waals surface area contributed by atoms with E-state index in [9.17, 15) is 42.6 Å². The van der Waals surface area contributed by atoms with E-state index in [1.54, 1.807) is 0 Å². The van der Waals surface area contributed by atoms with Gasteiger partial charge in [0.2, 0.25) is 15.0 Å². The minimum atomic E-state index is -3.69. The molecule has 0 saturated heterocycles. The zero-order valence-electron chi connectivity index (χ0n) is 15.9. The van der Waals surface area contributed by atoms with Crippen LogP contribution in [-0.4, -0.2) is 94.6 Å². The second-order valence-electron chi connectivity index (χ2n) is 6.28. The highest BCUT2D eigenvalue weighted by molar-refractivity contribution is 7.90. The van der Waals surface area contributed by atoms with E-state index in [2.05, 4.69) is 20.6 Å². The number of carboxylic acid groups (broad SMARTS) is 2. The summed E-state index contributed by atoms with van der Waals surface area (Å²) in [6.45, 7) is -0.920. The molecule has 1 aliphatic heterocycles. The van der Waals surface area contributed by atoms with E-state index >= 15 is 0 Å². The maximum atomic E-state index is 12.2. The molecule has 2 atom stereocenters. The van der Waals surface area contributed by atoms with E-state index in [-0.39, 0.29) is 5.56 Å². The molecular formula is C16H17N5O9S. The molecule has 0 bridgehead atoms. The summed E-state index contributed by atoms with van der Waals surface area (Å²) in [5.41, 5.74) is -0.207. The summed E-state index contributed by atoms with van der Waals surface area (Å²) in [4.78, 5) is 65.8. The predicted molar refractivity (Wildman–Crippen MR) is 99.3 cm³/mol. The van der Waals surface area contributed by atoms with Crippen molar-refractivity contribution < 1.29 is 42.6 Å². The van der Waals surface area contributed by atoms with Crippen molar-refractivity contribution in [2.75, 3.05) is 19.3 Å². The molecule has 166 valence electrons. The van der Waals surface area contributed by atoms with Gasteiger partial charge in [-0.05, 0) is 0 Å². The lowest BCUT2D eigenvalue weighted by Crippen LogP contribution is -2.53. The Morgan fingerprint density at radius 1 is 1.03 bits per heavy atom. The van der Waals surface area contributed by atoms with E-state index < -0.39 is 69.8 Å². The second-order valence-corrected chi connectivity index (χ2v) is 8.19. The standard InChI is InChI=1S/C16H17N5O9S/c1-31(29,30)16-18-4-8(5-19-16)13(24)20-9(14(25)26)6-17-7-10(15(27)28)21-11(22)2-3-12(21)23/h2-5,9-10,17H,6-7H2,1H3,(H,20,24)(H,25,26)(H,27,28). The quantitative estimate of drug-likeness (QED) is 0.206. The number of carbonyl (C=O) groups excluding carboxylic acids is 3. The van der Waals surface area contributed by atoms with Crippen LogP contribution in [0.15, 0.2) is 29.7 Å². The zero-order chi connectivity index (χ0) is 23.3. The smallest absolute Gasteiger partial charge is 0.328 e. The Hall–Kier alpha value is -3.72. The van der Waals surface area contributed by atoms with Crippen LogP contribution < -0.4 is 10.6 Å². The van der Waals surface area contributed by atoms with E-state index in [4.69, 9.17) is 0 Å². The first-order valence-corrected chi connectivity index (χ1v) is 10.4. The molecule has 2 rings (SSSR count). The molecule has 0 radical (unpaired) electrons. The summed E-state index contributed by atoms with van der Waals surface area (Å²) in [5.74, 6) is -5.51. The fraction of sp³-hybridized carbons (Fsp3) is 0.312. The van der Waals surface area contributed by atoms with Gasteiger partial charge in [-0.15, -0.1) is 0 Å². The minimum absolute atomic E-state index is 0.207. The number of nitrogens with zero attached hydrogens (tertiary/aromatic N) is 3. The largest absolute Gasteiger partial charge is 0.480 e. The van der Waals surface area contributed by atoms with Crippen molar-refractivity contribution in [1.29, 1.82) is 0 Å². The number of nitrogens with one attached hydrogen (secondary N) is 2. The first-order valence-electron chi connectivity index (χ1n) is 8.46. The van der Waals surface area contributed by atoms with Crippen molar-refractivity contribution >= 4 is 39.5 Å². The van der Waals surface area contributed by atoms with Crippen LogP contribution in [0.2, 0.25) is 0 Å². The molecule has 0 aromatic carbocycles. The lowest BCUT2D eigenvalue weighted by atomic mass is 10.2. The fourth-order valence-electron chi connectivity index (χ4n) is 2.44. The minimum Gasteiger partial charge on any atom is -0.480 e. The van der Waals surface area contributed by atoms with Gasteiger partial charge in [-0.3, -0.25) is 19.3 Å². The number of carbonyl (C=O) groups is 5. The van der Waals surface area contributed by atoms with Gasteiger partial charge in [0.15, 0.2) is 0 Å². The third-order valence-corrected chi connectivity index (χ3v) is 4.83. The highest BCUT2D eigenvalue weighted by Gasteiger charge is 2.36. The Kier molecular flexibility index (Phi) is 7.14. The molecule has 0 aliphatic carbocycles. The fourth-order valence-corrected chi connectivity index (χ4v) is 2.93. The van der Waals surface area contributed by atoms with E-state index in [0.29, 0.717) is 4.90 Å². The van der Waals surface area contributed by atoms with Crippen molar-refractivity contribution in [3.05, 3.63) is 30.1 Å². The second kappa shape index (κ2) is 9.40. The Balaban J connectivity index is 2.00. The monoisotopic (exact) mass is 455 g/mol. The van der Waals surface area contributed by atoms with Crippen molar-refractivity contribution in [3.8, 4) is 0 Å². The average Bonchev–Trinajstić information content (AvgIpc) is 3.01. The van der Waals surface area contributed by atoms with Crippen molar-refractivity contribution in [3.63, 3.8) is 0 Å². The molecule has 0 fully saturated rings. The highest BCUT2D eigenvalue weighted by Crippen LogP contribution is 2.09. The van der Waals surface area contributed by atoms with Gasteiger partial charge < -0.3 is 20.8 Å². The number of aromatic nitrogens is 2. The van der Waals surface area contributed by atoms with Crippen LogP contribution in [0, 0.1) is 0 Å². The maximum absolute atomic E-state index is 12.2. The van der Waals surface area contributed by atoms with Crippen LogP contribution in [0.3, 0.4) is 0 Å². The third-order valence-electron chi connectivity index (χ3n) is 3.95.